The second kappa shape index (κ2) is 11.4. The van der Waals surface area contributed by atoms with Gasteiger partial charge in [-0.1, -0.05) is 75.9 Å². The van der Waals surface area contributed by atoms with Crippen molar-refractivity contribution >= 4 is 31.0 Å². The molecule has 1 saturated heterocycles. The maximum absolute atomic E-state index is 13.4. The molecule has 1 fully saturated rings. The maximum Gasteiger partial charge on any atom is 0.231 e. The van der Waals surface area contributed by atoms with E-state index >= 15 is 0 Å². The van der Waals surface area contributed by atoms with Gasteiger partial charge in [0.15, 0.2) is 8.32 Å². The first-order valence-electron chi connectivity index (χ1n) is 11.7. The monoisotopic (exact) mass is 492 g/mol. The second-order valence-electron chi connectivity index (χ2n) is 10.1. The van der Waals surface area contributed by atoms with Crippen molar-refractivity contribution in [1.29, 1.82) is 0 Å². The molecule has 1 aromatic carbocycles. The molecule has 1 aromatic rings. The fourth-order valence-corrected chi connectivity index (χ4v) is 4.88. The number of Topliss-reactive ketones (excluding diaryl/α,β-unsaturated/α-hetero) is 1. The lowest BCUT2D eigenvalue weighted by Gasteiger charge is -2.36. The van der Waals surface area contributed by atoms with Gasteiger partial charge in [-0.15, -0.1) is 0 Å². The van der Waals surface area contributed by atoms with Gasteiger partial charge in [-0.3, -0.25) is 9.59 Å². The molecule has 0 spiro atoms. The molecule has 1 aliphatic heterocycles. The highest BCUT2D eigenvalue weighted by Crippen LogP contribution is 2.46. The Bertz CT molecular complexity index is 846. The third kappa shape index (κ3) is 6.89. The number of ether oxygens (including phenoxy) is 2. The largest absolute Gasteiger partial charge is 0.395 e. The fraction of sp³-hybridized carbons (Fsp3) is 0.615. The van der Waals surface area contributed by atoms with Crippen molar-refractivity contribution in [1.82, 2.24) is 0 Å². The SMILES string of the molecule is CCSC(=O)C1(C(=O)/C(C)=C/CCc2ccccc2)OC1[C@H](C)OCO[Si](C)(C)C(C)(C)C. The molecular weight excluding hydrogens is 452 g/mol. The summed E-state index contributed by atoms with van der Waals surface area (Å²) in [6.45, 7) is 16.5. The fourth-order valence-electron chi connectivity index (χ4n) is 3.35. The number of rotatable bonds is 12. The van der Waals surface area contributed by atoms with Crippen molar-refractivity contribution in [2.45, 2.75) is 90.3 Å². The number of benzene rings is 1. The topological polar surface area (TPSA) is 65.1 Å². The highest BCUT2D eigenvalue weighted by Gasteiger charge is 2.69. The Labute approximate surface area is 204 Å². The van der Waals surface area contributed by atoms with E-state index in [4.69, 9.17) is 13.9 Å². The highest BCUT2D eigenvalue weighted by atomic mass is 32.2. The average Bonchev–Trinajstić information content (AvgIpc) is 3.50. The van der Waals surface area contributed by atoms with Crippen molar-refractivity contribution in [3.8, 4) is 0 Å². The Hall–Kier alpha value is -1.25. The third-order valence-electron chi connectivity index (χ3n) is 6.64. The van der Waals surface area contributed by atoms with E-state index in [0.717, 1.165) is 24.6 Å². The number of aryl methyl sites for hydroxylation is 1. The summed E-state index contributed by atoms with van der Waals surface area (Å²) in [6, 6.07) is 10.1. The van der Waals surface area contributed by atoms with Gasteiger partial charge in [0.25, 0.3) is 0 Å². The highest BCUT2D eigenvalue weighted by molar-refractivity contribution is 8.13. The van der Waals surface area contributed by atoms with E-state index in [9.17, 15) is 9.59 Å². The lowest BCUT2D eigenvalue weighted by Crippen LogP contribution is -2.42. The number of ketones is 1. The van der Waals surface area contributed by atoms with Crippen LogP contribution in [0.1, 0.15) is 53.5 Å². The van der Waals surface area contributed by atoms with Crippen LogP contribution in [0.5, 0.6) is 0 Å². The van der Waals surface area contributed by atoms with E-state index in [0.29, 0.717) is 11.3 Å². The van der Waals surface area contributed by atoms with E-state index < -0.39 is 26.1 Å². The van der Waals surface area contributed by atoms with Crippen LogP contribution < -0.4 is 0 Å². The normalized spacial score (nSPS) is 22.2. The molecule has 0 aliphatic carbocycles. The predicted molar refractivity (Wildman–Crippen MR) is 138 cm³/mol. The van der Waals surface area contributed by atoms with Crippen LogP contribution in [0, 0.1) is 0 Å². The summed E-state index contributed by atoms with van der Waals surface area (Å²) in [7, 11) is -1.95. The smallest absolute Gasteiger partial charge is 0.231 e. The van der Waals surface area contributed by atoms with Crippen LogP contribution in [0.2, 0.25) is 18.1 Å². The number of allylic oxidation sites excluding steroid dienone is 1. The Balaban J connectivity index is 2.04. The minimum absolute atomic E-state index is 0.0742. The van der Waals surface area contributed by atoms with E-state index in [1.54, 1.807) is 6.92 Å². The van der Waals surface area contributed by atoms with Crippen LogP contribution in [0.3, 0.4) is 0 Å². The second-order valence-corrected chi connectivity index (χ2v) is 16.2. The molecule has 5 nitrogen and oxygen atoms in total. The van der Waals surface area contributed by atoms with Gasteiger partial charge in [-0.25, -0.2) is 0 Å². The molecule has 0 aromatic heterocycles. The quantitative estimate of drug-likeness (QED) is 0.118. The molecule has 2 rings (SSSR count). The van der Waals surface area contributed by atoms with Crippen molar-refractivity contribution in [2.75, 3.05) is 12.5 Å². The molecule has 0 bridgehead atoms. The number of carbonyl (C=O) groups is 2. The number of hydrogen-bond donors (Lipinski definition) is 0. The van der Waals surface area contributed by atoms with Crippen LogP contribution in [0.25, 0.3) is 0 Å². The zero-order chi connectivity index (χ0) is 24.9. The van der Waals surface area contributed by atoms with Crippen molar-refractivity contribution in [3.63, 3.8) is 0 Å². The van der Waals surface area contributed by atoms with Gasteiger partial charge in [-0.05, 0) is 61.7 Å². The molecule has 0 saturated carbocycles. The van der Waals surface area contributed by atoms with Crippen molar-refractivity contribution in [3.05, 3.63) is 47.5 Å². The summed E-state index contributed by atoms with van der Waals surface area (Å²) in [6.07, 6.45) is 2.44. The predicted octanol–water partition coefficient (Wildman–Crippen LogP) is 5.94. The molecule has 1 heterocycles. The number of carbonyl (C=O) groups excluding carboxylic acids is 2. The molecule has 0 radical (unpaired) electrons. The average molecular weight is 493 g/mol. The molecule has 0 N–H and O–H groups in total. The standard InChI is InChI=1S/C26H40O5SSi/c1-9-32-24(28)26(22(27)19(2)14-13-17-21-15-11-10-12-16-21)23(31-26)20(3)29-18-30-33(7,8)25(4,5)6/h10-12,14-16,20,23H,9,13,17-18H2,1-8H3/b19-14+/t20-,23?,26?/m0/s1. The van der Waals surface area contributed by atoms with Gasteiger partial charge < -0.3 is 13.9 Å². The number of thioether (sulfide) groups is 1. The summed E-state index contributed by atoms with van der Waals surface area (Å²) < 4.78 is 17.8. The lowest BCUT2D eigenvalue weighted by atomic mass is 9.93. The summed E-state index contributed by atoms with van der Waals surface area (Å²) in [4.78, 5) is 26.3. The Morgan fingerprint density at radius 1 is 1.24 bits per heavy atom. The molecule has 1 aliphatic rings. The minimum atomic E-state index is -1.95. The zero-order valence-electron chi connectivity index (χ0n) is 21.4. The third-order valence-corrected chi connectivity index (χ3v) is 11.9. The van der Waals surface area contributed by atoms with Gasteiger partial charge in [0.2, 0.25) is 16.5 Å². The van der Waals surface area contributed by atoms with Gasteiger partial charge in [0.05, 0.1) is 6.10 Å². The van der Waals surface area contributed by atoms with E-state index in [2.05, 4.69) is 46.0 Å². The van der Waals surface area contributed by atoms with Crippen molar-refractivity contribution < 1.29 is 23.5 Å². The van der Waals surface area contributed by atoms with Crippen LogP contribution in [-0.4, -0.2) is 49.6 Å². The number of hydrogen-bond acceptors (Lipinski definition) is 6. The van der Waals surface area contributed by atoms with Gasteiger partial charge in [0, 0.05) is 0 Å². The first-order valence-corrected chi connectivity index (χ1v) is 15.6. The molecule has 2 unspecified atom stereocenters. The van der Waals surface area contributed by atoms with Crippen LogP contribution in [-0.2, 0) is 29.9 Å². The summed E-state index contributed by atoms with van der Waals surface area (Å²) in [5.74, 6) is 0.331. The van der Waals surface area contributed by atoms with E-state index in [-0.39, 0.29) is 22.7 Å². The first-order chi connectivity index (χ1) is 15.4. The molecule has 184 valence electrons. The number of epoxide rings is 1. The summed E-state index contributed by atoms with van der Waals surface area (Å²) >= 11 is 1.13. The minimum Gasteiger partial charge on any atom is -0.395 e. The van der Waals surface area contributed by atoms with Gasteiger partial charge in [-0.2, -0.15) is 0 Å². The summed E-state index contributed by atoms with van der Waals surface area (Å²) in [5.41, 5.74) is 0.318. The molecular formula is C26H40O5SSi. The van der Waals surface area contributed by atoms with Crippen LogP contribution in [0.4, 0.5) is 0 Å². The molecule has 3 atom stereocenters. The van der Waals surface area contributed by atoms with Crippen LogP contribution >= 0.6 is 11.8 Å². The van der Waals surface area contributed by atoms with Gasteiger partial charge in [0.1, 0.15) is 12.9 Å². The van der Waals surface area contributed by atoms with E-state index in [1.165, 1.54) is 5.56 Å². The zero-order valence-corrected chi connectivity index (χ0v) is 23.2. The molecule has 7 heteroatoms. The molecule has 0 amide bonds. The van der Waals surface area contributed by atoms with Crippen LogP contribution in [0.15, 0.2) is 42.0 Å². The molecule has 33 heavy (non-hydrogen) atoms. The lowest BCUT2D eigenvalue weighted by molar-refractivity contribution is -0.127. The van der Waals surface area contributed by atoms with Crippen molar-refractivity contribution in [2.24, 2.45) is 0 Å². The Morgan fingerprint density at radius 3 is 2.45 bits per heavy atom. The van der Waals surface area contributed by atoms with Gasteiger partial charge >= 0.3 is 0 Å². The first kappa shape index (κ1) is 28.0. The Kier molecular flexibility index (Phi) is 9.71. The maximum atomic E-state index is 13.4. The van der Waals surface area contributed by atoms with E-state index in [1.807, 2.05) is 38.1 Å². The summed E-state index contributed by atoms with van der Waals surface area (Å²) in [5, 5.41) is -0.165. The Morgan fingerprint density at radius 2 is 1.88 bits per heavy atom.